The summed E-state index contributed by atoms with van der Waals surface area (Å²) < 4.78 is 0. The zero-order valence-electron chi connectivity index (χ0n) is 14.4. The Labute approximate surface area is 140 Å². The lowest BCUT2D eigenvalue weighted by molar-refractivity contribution is -0.121. The summed E-state index contributed by atoms with van der Waals surface area (Å²) in [6.07, 6.45) is 12.6. The quantitative estimate of drug-likeness (QED) is 0.550. The molecule has 0 aliphatic carbocycles. The Morgan fingerprint density at radius 2 is 1.61 bits per heavy atom. The van der Waals surface area contributed by atoms with Crippen molar-refractivity contribution in [3.8, 4) is 0 Å². The first-order valence-corrected chi connectivity index (χ1v) is 8.97. The van der Waals surface area contributed by atoms with Crippen molar-refractivity contribution in [1.82, 2.24) is 5.32 Å². The van der Waals surface area contributed by atoms with E-state index in [-0.39, 0.29) is 5.91 Å². The normalized spacial score (nSPS) is 11.9. The van der Waals surface area contributed by atoms with Gasteiger partial charge in [0.25, 0.3) is 0 Å². The van der Waals surface area contributed by atoms with E-state index in [0.29, 0.717) is 12.8 Å². The van der Waals surface area contributed by atoms with Gasteiger partial charge in [-0.25, -0.2) is 0 Å². The number of unbranched alkanes of at least 4 members (excludes halogenated alkanes) is 7. The van der Waals surface area contributed by atoms with E-state index < -0.39 is 6.04 Å². The molecule has 1 amide bonds. The van der Waals surface area contributed by atoms with Crippen LogP contribution in [-0.2, 0) is 16.0 Å². The van der Waals surface area contributed by atoms with Gasteiger partial charge in [-0.05, 0) is 12.0 Å². The maximum Gasteiger partial charge on any atom is 0.223 e. The second-order valence-corrected chi connectivity index (χ2v) is 6.15. The van der Waals surface area contributed by atoms with Crippen LogP contribution < -0.4 is 5.32 Å². The highest BCUT2D eigenvalue weighted by Gasteiger charge is 2.12. The van der Waals surface area contributed by atoms with Crippen molar-refractivity contribution in [1.29, 1.82) is 0 Å². The van der Waals surface area contributed by atoms with Gasteiger partial charge >= 0.3 is 0 Å². The third-order valence-corrected chi connectivity index (χ3v) is 4.02. The molecular weight excluding hydrogens is 286 g/mol. The second-order valence-electron chi connectivity index (χ2n) is 6.15. The number of benzene rings is 1. The number of amides is 1. The summed E-state index contributed by atoms with van der Waals surface area (Å²) in [7, 11) is 0. The molecule has 127 valence electrons. The predicted octanol–water partition coefficient (Wildman–Crippen LogP) is 4.35. The van der Waals surface area contributed by atoms with E-state index in [1.54, 1.807) is 0 Å². The highest BCUT2D eigenvalue weighted by atomic mass is 16.2. The first-order chi connectivity index (χ1) is 11.3. The Morgan fingerprint density at radius 3 is 2.22 bits per heavy atom. The van der Waals surface area contributed by atoms with Gasteiger partial charge in [0.05, 0.1) is 6.04 Å². The third kappa shape index (κ3) is 9.88. The van der Waals surface area contributed by atoms with Gasteiger partial charge < -0.3 is 5.32 Å². The van der Waals surface area contributed by atoms with Crippen LogP contribution in [0.25, 0.3) is 0 Å². The number of hydrogen-bond donors (Lipinski definition) is 1. The maximum atomic E-state index is 11.9. The van der Waals surface area contributed by atoms with Crippen LogP contribution in [0.15, 0.2) is 30.3 Å². The molecule has 1 aromatic carbocycles. The zero-order valence-corrected chi connectivity index (χ0v) is 14.4. The Kier molecular flexibility index (Phi) is 10.9. The molecule has 1 aromatic rings. The molecule has 0 aliphatic rings. The van der Waals surface area contributed by atoms with Gasteiger partial charge in [0.1, 0.15) is 0 Å². The minimum Gasteiger partial charge on any atom is -0.345 e. The van der Waals surface area contributed by atoms with Crippen LogP contribution in [-0.4, -0.2) is 18.2 Å². The first-order valence-electron chi connectivity index (χ1n) is 8.97. The van der Waals surface area contributed by atoms with Crippen LogP contribution in [0.3, 0.4) is 0 Å². The molecule has 0 unspecified atom stereocenters. The SMILES string of the molecule is CCCCCCCCCCC(=O)N[C@H]([C]=O)Cc1ccccc1. The van der Waals surface area contributed by atoms with Crippen molar-refractivity contribution in [2.24, 2.45) is 0 Å². The van der Waals surface area contributed by atoms with Crippen molar-refractivity contribution >= 4 is 12.2 Å². The number of nitrogens with one attached hydrogen (secondary N) is 1. The van der Waals surface area contributed by atoms with Gasteiger partial charge in [-0.15, -0.1) is 0 Å². The largest absolute Gasteiger partial charge is 0.345 e. The van der Waals surface area contributed by atoms with Gasteiger partial charge in [-0.3, -0.25) is 9.59 Å². The van der Waals surface area contributed by atoms with E-state index in [1.807, 2.05) is 36.6 Å². The summed E-state index contributed by atoms with van der Waals surface area (Å²) in [6, 6.07) is 9.16. The molecule has 0 fully saturated rings. The molecule has 0 aliphatic heterocycles. The van der Waals surface area contributed by atoms with Crippen LogP contribution in [0.2, 0.25) is 0 Å². The van der Waals surface area contributed by atoms with Gasteiger partial charge in [0, 0.05) is 12.8 Å². The summed E-state index contributed by atoms with van der Waals surface area (Å²) in [5.41, 5.74) is 1.04. The fourth-order valence-corrected chi connectivity index (χ4v) is 2.66. The molecule has 0 heterocycles. The number of hydrogen-bond acceptors (Lipinski definition) is 2. The van der Waals surface area contributed by atoms with Gasteiger partial charge in [-0.2, -0.15) is 0 Å². The molecular formula is C20H30NO2. The summed E-state index contributed by atoms with van der Waals surface area (Å²) in [4.78, 5) is 22.9. The number of rotatable bonds is 13. The van der Waals surface area contributed by atoms with Gasteiger partial charge in [0.15, 0.2) is 0 Å². The van der Waals surface area contributed by atoms with Crippen LogP contribution in [0.1, 0.15) is 70.3 Å². The molecule has 0 bridgehead atoms. The molecule has 0 saturated heterocycles. The molecule has 23 heavy (non-hydrogen) atoms. The maximum absolute atomic E-state index is 11.9. The molecule has 1 atom stereocenters. The van der Waals surface area contributed by atoms with E-state index in [2.05, 4.69) is 12.2 Å². The third-order valence-electron chi connectivity index (χ3n) is 4.02. The van der Waals surface area contributed by atoms with E-state index in [4.69, 9.17) is 0 Å². The van der Waals surface area contributed by atoms with Gasteiger partial charge in [-0.1, -0.05) is 82.2 Å². The number of carbonyl (C=O) groups is 1. The summed E-state index contributed by atoms with van der Waals surface area (Å²) in [6.45, 7) is 2.22. The Bertz CT molecular complexity index is 431. The molecule has 3 heteroatoms. The fourth-order valence-electron chi connectivity index (χ4n) is 2.66. The van der Waals surface area contributed by atoms with Crippen LogP contribution in [0.4, 0.5) is 0 Å². The summed E-state index contributed by atoms with van der Waals surface area (Å²) in [5, 5.41) is 2.77. The average Bonchev–Trinajstić information content (AvgIpc) is 2.57. The van der Waals surface area contributed by atoms with Crippen molar-refractivity contribution < 1.29 is 9.59 Å². The predicted molar refractivity (Wildman–Crippen MR) is 95.0 cm³/mol. The molecule has 1 radical (unpaired) electrons. The summed E-state index contributed by atoms with van der Waals surface area (Å²) in [5.74, 6) is -0.0414. The van der Waals surface area contributed by atoms with E-state index in [1.165, 1.54) is 38.5 Å². The van der Waals surface area contributed by atoms with E-state index in [9.17, 15) is 9.59 Å². The zero-order chi connectivity index (χ0) is 16.8. The highest BCUT2D eigenvalue weighted by Crippen LogP contribution is 2.09. The molecule has 0 saturated carbocycles. The minimum atomic E-state index is -0.543. The minimum absolute atomic E-state index is 0.0414. The van der Waals surface area contributed by atoms with E-state index >= 15 is 0 Å². The molecule has 1 N–H and O–H groups in total. The Hall–Kier alpha value is -1.64. The topological polar surface area (TPSA) is 46.2 Å². The lowest BCUT2D eigenvalue weighted by Gasteiger charge is -2.12. The second kappa shape index (κ2) is 12.9. The average molecular weight is 316 g/mol. The van der Waals surface area contributed by atoms with E-state index in [0.717, 1.165) is 18.4 Å². The van der Waals surface area contributed by atoms with Crippen molar-refractivity contribution in [3.63, 3.8) is 0 Å². The molecule has 0 aromatic heterocycles. The lowest BCUT2D eigenvalue weighted by atomic mass is 10.1. The first kappa shape index (κ1) is 19.4. The lowest BCUT2D eigenvalue weighted by Crippen LogP contribution is -2.37. The Balaban J connectivity index is 2.11. The standard InChI is InChI=1S/C20H30NO2/c1-2-3-4-5-6-7-8-12-15-20(23)21-19(17-22)16-18-13-10-9-11-14-18/h9-11,13-14,19H,2-8,12,15-16H2,1H3,(H,21,23)/t19-/m0/s1. The van der Waals surface area contributed by atoms with Gasteiger partial charge in [0.2, 0.25) is 12.2 Å². The highest BCUT2D eigenvalue weighted by molar-refractivity contribution is 5.79. The Morgan fingerprint density at radius 1 is 1.00 bits per heavy atom. The van der Waals surface area contributed by atoms with Crippen molar-refractivity contribution in [2.75, 3.05) is 0 Å². The smallest absolute Gasteiger partial charge is 0.223 e. The van der Waals surface area contributed by atoms with Crippen molar-refractivity contribution in [2.45, 2.75) is 77.2 Å². The van der Waals surface area contributed by atoms with Crippen LogP contribution in [0.5, 0.6) is 0 Å². The molecule has 3 nitrogen and oxygen atoms in total. The molecule has 1 rings (SSSR count). The monoisotopic (exact) mass is 316 g/mol. The van der Waals surface area contributed by atoms with Crippen molar-refractivity contribution in [3.05, 3.63) is 35.9 Å². The fraction of sp³-hybridized carbons (Fsp3) is 0.600. The van der Waals surface area contributed by atoms with Crippen LogP contribution >= 0.6 is 0 Å². The summed E-state index contributed by atoms with van der Waals surface area (Å²) >= 11 is 0. The molecule has 0 spiro atoms. The number of carbonyl (C=O) groups excluding carboxylic acids is 2. The van der Waals surface area contributed by atoms with Crippen LogP contribution in [0, 0.1) is 0 Å².